The number of likely N-dealkylation sites (tertiary alicyclic amines) is 1. The molecule has 1 unspecified atom stereocenters. The summed E-state index contributed by atoms with van der Waals surface area (Å²) in [6.07, 6.45) is 3.38. The highest BCUT2D eigenvalue weighted by Crippen LogP contribution is 2.31. The van der Waals surface area contributed by atoms with E-state index in [1.807, 2.05) is 29.2 Å². The van der Waals surface area contributed by atoms with E-state index in [1.165, 1.54) is 16.7 Å². The molecule has 0 radical (unpaired) electrons. The van der Waals surface area contributed by atoms with Gasteiger partial charge in [-0.15, -0.1) is 0 Å². The van der Waals surface area contributed by atoms with Gasteiger partial charge in [0.15, 0.2) is 0 Å². The number of ether oxygens (including phenoxy) is 1. The van der Waals surface area contributed by atoms with E-state index in [0.717, 1.165) is 61.5 Å². The molecule has 0 aliphatic carbocycles. The van der Waals surface area contributed by atoms with Crippen molar-refractivity contribution >= 4 is 16.9 Å². The average Bonchev–Trinajstić information content (AvgIpc) is 3.45. The minimum Gasteiger partial charge on any atom is -0.493 e. The lowest BCUT2D eigenvalue weighted by atomic mass is 10.1. The molecule has 5 heteroatoms. The summed E-state index contributed by atoms with van der Waals surface area (Å²) < 4.78 is 8.41. The maximum absolute atomic E-state index is 12.9. The maximum Gasteiger partial charge on any atom is 0.223 e. The number of unbranched alkanes of at least 4 members (excludes halogenated alkanes) is 1. The molecule has 0 spiro atoms. The SMILES string of the molecule is Cc1cccc(OCCCCn2c(C3CC(=O)N(CCc4ccccc4)C3)nc3ccccc32)c1C. The number of hydrogen-bond donors (Lipinski definition) is 0. The summed E-state index contributed by atoms with van der Waals surface area (Å²) in [5.41, 5.74) is 5.89. The lowest BCUT2D eigenvalue weighted by Crippen LogP contribution is -2.27. The van der Waals surface area contributed by atoms with Crippen LogP contribution in [0.4, 0.5) is 0 Å². The number of imidazole rings is 1. The summed E-state index contributed by atoms with van der Waals surface area (Å²) in [6, 6.07) is 24.9. The molecule has 0 N–H and O–H groups in total. The summed E-state index contributed by atoms with van der Waals surface area (Å²) in [5, 5.41) is 0. The Morgan fingerprint density at radius 2 is 1.72 bits per heavy atom. The number of nitrogens with zero attached hydrogens (tertiary/aromatic N) is 3. The number of amides is 1. The molecule has 4 aromatic rings. The molecule has 1 aliphatic heterocycles. The van der Waals surface area contributed by atoms with Crippen molar-refractivity contribution in [1.29, 1.82) is 0 Å². The molecule has 0 saturated carbocycles. The summed E-state index contributed by atoms with van der Waals surface area (Å²) in [7, 11) is 0. The third kappa shape index (κ3) is 5.30. The van der Waals surface area contributed by atoms with E-state index in [1.54, 1.807) is 0 Å². The lowest BCUT2D eigenvalue weighted by molar-refractivity contribution is -0.127. The first kappa shape index (κ1) is 24.1. The topological polar surface area (TPSA) is 47.4 Å². The van der Waals surface area contributed by atoms with Crippen LogP contribution in [-0.4, -0.2) is 40.1 Å². The molecule has 36 heavy (non-hydrogen) atoms. The summed E-state index contributed by atoms with van der Waals surface area (Å²) in [4.78, 5) is 19.9. The first-order valence-corrected chi connectivity index (χ1v) is 13.1. The summed E-state index contributed by atoms with van der Waals surface area (Å²) in [5.74, 6) is 2.38. The third-order valence-electron chi connectivity index (χ3n) is 7.37. The third-order valence-corrected chi connectivity index (χ3v) is 7.37. The number of aromatic nitrogens is 2. The second-order valence-corrected chi connectivity index (χ2v) is 9.84. The van der Waals surface area contributed by atoms with Gasteiger partial charge in [-0.1, -0.05) is 54.6 Å². The molecule has 1 saturated heterocycles. The van der Waals surface area contributed by atoms with Gasteiger partial charge in [-0.25, -0.2) is 4.98 Å². The van der Waals surface area contributed by atoms with Crippen molar-refractivity contribution in [2.24, 2.45) is 0 Å². The zero-order valence-electron chi connectivity index (χ0n) is 21.3. The zero-order valence-corrected chi connectivity index (χ0v) is 21.3. The number of carbonyl (C=O) groups is 1. The number of carbonyl (C=O) groups excluding carboxylic acids is 1. The second-order valence-electron chi connectivity index (χ2n) is 9.84. The fourth-order valence-electron chi connectivity index (χ4n) is 5.15. The minimum atomic E-state index is 0.131. The van der Waals surface area contributed by atoms with Crippen LogP contribution in [0.1, 0.15) is 47.7 Å². The van der Waals surface area contributed by atoms with E-state index < -0.39 is 0 Å². The van der Waals surface area contributed by atoms with Gasteiger partial charge in [0.1, 0.15) is 11.6 Å². The zero-order chi connectivity index (χ0) is 24.9. The molecule has 5 rings (SSSR count). The van der Waals surface area contributed by atoms with Gasteiger partial charge in [0.25, 0.3) is 0 Å². The lowest BCUT2D eigenvalue weighted by Gasteiger charge is -2.17. The molecule has 5 nitrogen and oxygen atoms in total. The quantitative estimate of drug-likeness (QED) is 0.258. The van der Waals surface area contributed by atoms with Crippen molar-refractivity contribution in [2.45, 2.75) is 52.0 Å². The van der Waals surface area contributed by atoms with Crippen molar-refractivity contribution < 1.29 is 9.53 Å². The number of aryl methyl sites for hydroxylation is 2. The Hall–Kier alpha value is -3.60. The van der Waals surface area contributed by atoms with Gasteiger partial charge in [-0.3, -0.25) is 4.79 Å². The maximum atomic E-state index is 12.9. The van der Waals surface area contributed by atoms with Crippen LogP contribution in [0.2, 0.25) is 0 Å². The van der Waals surface area contributed by atoms with Gasteiger partial charge in [0, 0.05) is 32.0 Å². The Kier molecular flexibility index (Phi) is 7.36. The van der Waals surface area contributed by atoms with Crippen LogP contribution in [0.5, 0.6) is 5.75 Å². The molecule has 186 valence electrons. The van der Waals surface area contributed by atoms with Crippen molar-refractivity contribution in [3.8, 4) is 5.75 Å². The highest BCUT2D eigenvalue weighted by Gasteiger charge is 2.33. The van der Waals surface area contributed by atoms with Crippen LogP contribution in [0, 0.1) is 13.8 Å². The highest BCUT2D eigenvalue weighted by molar-refractivity contribution is 5.81. The number of hydrogen-bond acceptors (Lipinski definition) is 3. The normalized spacial score (nSPS) is 15.7. The Bertz CT molecular complexity index is 1330. The van der Waals surface area contributed by atoms with Gasteiger partial charge < -0.3 is 14.2 Å². The molecule has 1 amide bonds. The van der Waals surface area contributed by atoms with E-state index in [9.17, 15) is 4.79 Å². The molecule has 1 atom stereocenters. The first-order valence-electron chi connectivity index (χ1n) is 13.1. The molecule has 2 heterocycles. The molecule has 1 fully saturated rings. The van der Waals surface area contributed by atoms with Crippen LogP contribution in [0.3, 0.4) is 0 Å². The Morgan fingerprint density at radius 3 is 2.58 bits per heavy atom. The second kappa shape index (κ2) is 11.0. The molecule has 1 aliphatic rings. The van der Waals surface area contributed by atoms with Crippen molar-refractivity contribution in [1.82, 2.24) is 14.5 Å². The standard InChI is InChI=1S/C31H35N3O2/c1-23-11-10-16-29(24(23)2)36-20-9-8-18-34-28-15-7-6-14-27(28)32-31(34)26-21-30(35)33(22-26)19-17-25-12-4-3-5-13-25/h3-7,10-16,26H,8-9,17-22H2,1-2H3. The summed E-state index contributed by atoms with van der Waals surface area (Å²) >= 11 is 0. The first-order chi connectivity index (χ1) is 17.6. The van der Waals surface area contributed by atoms with Gasteiger partial charge >= 0.3 is 0 Å². The molecule has 3 aromatic carbocycles. The largest absolute Gasteiger partial charge is 0.493 e. The monoisotopic (exact) mass is 481 g/mol. The fraction of sp³-hybridized carbons (Fsp3) is 0.355. The van der Waals surface area contributed by atoms with Crippen LogP contribution in [0.25, 0.3) is 11.0 Å². The van der Waals surface area contributed by atoms with Crippen LogP contribution in [-0.2, 0) is 17.8 Å². The van der Waals surface area contributed by atoms with Crippen LogP contribution in [0.15, 0.2) is 72.8 Å². The van der Waals surface area contributed by atoms with Crippen LogP contribution < -0.4 is 4.74 Å². The van der Waals surface area contributed by atoms with E-state index in [4.69, 9.17) is 9.72 Å². The number of fused-ring (bicyclic) bond motifs is 1. The Labute approximate surface area is 213 Å². The number of para-hydroxylation sites is 2. The van der Waals surface area contributed by atoms with Crippen molar-refractivity contribution in [3.05, 3.63) is 95.3 Å². The van der Waals surface area contributed by atoms with Gasteiger partial charge in [-0.05, 0) is 68.0 Å². The van der Waals surface area contributed by atoms with Gasteiger partial charge in [-0.2, -0.15) is 0 Å². The minimum absolute atomic E-state index is 0.131. The van der Waals surface area contributed by atoms with Gasteiger partial charge in [0.2, 0.25) is 5.91 Å². The van der Waals surface area contributed by atoms with Crippen LogP contribution >= 0.6 is 0 Å². The molecule has 0 bridgehead atoms. The van der Waals surface area contributed by atoms with Gasteiger partial charge in [0.05, 0.1) is 17.6 Å². The van der Waals surface area contributed by atoms with E-state index in [-0.39, 0.29) is 11.8 Å². The average molecular weight is 482 g/mol. The predicted molar refractivity (Wildman–Crippen MR) is 144 cm³/mol. The fourth-order valence-corrected chi connectivity index (χ4v) is 5.15. The van der Waals surface area contributed by atoms with Crippen molar-refractivity contribution in [3.63, 3.8) is 0 Å². The summed E-state index contributed by atoms with van der Waals surface area (Å²) in [6.45, 7) is 7.30. The number of rotatable bonds is 10. The highest BCUT2D eigenvalue weighted by atomic mass is 16.5. The Balaban J connectivity index is 1.23. The van der Waals surface area contributed by atoms with E-state index >= 15 is 0 Å². The predicted octanol–water partition coefficient (Wildman–Crippen LogP) is 6.07. The Morgan fingerprint density at radius 1 is 0.917 bits per heavy atom. The van der Waals surface area contributed by atoms with E-state index in [0.29, 0.717) is 13.0 Å². The molecular formula is C31H35N3O2. The molecular weight excluding hydrogens is 446 g/mol. The molecule has 1 aromatic heterocycles. The van der Waals surface area contributed by atoms with Crippen molar-refractivity contribution in [2.75, 3.05) is 19.7 Å². The van der Waals surface area contributed by atoms with E-state index in [2.05, 4.69) is 66.9 Å². The number of benzene rings is 3. The smallest absolute Gasteiger partial charge is 0.223 e.